The zero-order valence-corrected chi connectivity index (χ0v) is 11.7. The van der Waals surface area contributed by atoms with Gasteiger partial charge >= 0.3 is 0 Å². The first-order valence-electron chi connectivity index (χ1n) is 6.84. The number of aliphatic hydroxyl groups is 1. The number of aliphatic hydroxyl groups excluding tert-OH is 1. The van der Waals surface area contributed by atoms with Crippen molar-refractivity contribution in [3.8, 4) is 11.3 Å². The molecule has 0 aliphatic heterocycles. The van der Waals surface area contributed by atoms with Gasteiger partial charge in [-0.25, -0.2) is 9.67 Å². The van der Waals surface area contributed by atoms with Crippen LogP contribution in [0.3, 0.4) is 0 Å². The van der Waals surface area contributed by atoms with E-state index in [0.717, 1.165) is 11.3 Å². The van der Waals surface area contributed by atoms with Crippen LogP contribution < -0.4 is 0 Å². The molecule has 0 bridgehead atoms. The summed E-state index contributed by atoms with van der Waals surface area (Å²) in [7, 11) is 0. The molecule has 0 amide bonds. The van der Waals surface area contributed by atoms with Crippen LogP contribution in [0.2, 0.25) is 0 Å². The van der Waals surface area contributed by atoms with Crippen molar-refractivity contribution in [1.82, 2.24) is 20.0 Å². The van der Waals surface area contributed by atoms with Gasteiger partial charge in [-0.1, -0.05) is 42.5 Å². The fourth-order valence-electron chi connectivity index (χ4n) is 2.01. The van der Waals surface area contributed by atoms with Gasteiger partial charge in [0.25, 0.3) is 0 Å². The van der Waals surface area contributed by atoms with Crippen LogP contribution in [-0.2, 0) is 6.54 Å². The molecule has 2 aromatic heterocycles. The minimum Gasteiger partial charge on any atom is -0.439 e. The Balaban J connectivity index is 1.74. The lowest BCUT2D eigenvalue weighted by Gasteiger charge is -2.00. The lowest BCUT2D eigenvalue weighted by Crippen LogP contribution is -2.00. The molecular formula is C15H16N4O2. The van der Waals surface area contributed by atoms with Crippen LogP contribution in [0.5, 0.6) is 0 Å². The third-order valence-electron chi connectivity index (χ3n) is 3.19. The van der Waals surface area contributed by atoms with Crippen LogP contribution in [-0.4, -0.2) is 25.1 Å². The van der Waals surface area contributed by atoms with E-state index in [1.54, 1.807) is 17.1 Å². The summed E-state index contributed by atoms with van der Waals surface area (Å²) in [6.45, 7) is 2.28. The second-order valence-electron chi connectivity index (χ2n) is 4.75. The van der Waals surface area contributed by atoms with Crippen molar-refractivity contribution >= 4 is 0 Å². The number of rotatable bonds is 5. The highest BCUT2D eigenvalue weighted by atomic mass is 16.4. The zero-order valence-electron chi connectivity index (χ0n) is 11.7. The normalized spacial score (nSPS) is 12.5. The first kappa shape index (κ1) is 13.5. The average Bonchev–Trinajstić information content (AvgIpc) is 3.17. The Hall–Kier alpha value is -2.47. The summed E-state index contributed by atoms with van der Waals surface area (Å²) >= 11 is 0. The van der Waals surface area contributed by atoms with Gasteiger partial charge in [-0.3, -0.25) is 0 Å². The predicted octanol–water partition coefficient (Wildman–Crippen LogP) is 2.42. The molecule has 3 aromatic rings. The molecule has 0 spiro atoms. The Morgan fingerprint density at radius 1 is 1.29 bits per heavy atom. The fraction of sp³-hybridized carbons (Fsp3) is 0.267. The van der Waals surface area contributed by atoms with Gasteiger partial charge < -0.3 is 9.52 Å². The van der Waals surface area contributed by atoms with E-state index in [9.17, 15) is 5.11 Å². The summed E-state index contributed by atoms with van der Waals surface area (Å²) in [5.74, 6) is 1.27. The maximum Gasteiger partial charge on any atom is 0.216 e. The molecule has 21 heavy (non-hydrogen) atoms. The van der Waals surface area contributed by atoms with E-state index in [2.05, 4.69) is 15.3 Å². The Labute approximate surface area is 122 Å². The molecule has 1 unspecified atom stereocenters. The van der Waals surface area contributed by atoms with Crippen molar-refractivity contribution < 1.29 is 9.52 Å². The molecule has 2 heterocycles. The second-order valence-corrected chi connectivity index (χ2v) is 4.75. The van der Waals surface area contributed by atoms with Crippen molar-refractivity contribution in [1.29, 1.82) is 0 Å². The summed E-state index contributed by atoms with van der Waals surface area (Å²) in [6, 6.07) is 9.79. The molecule has 6 heteroatoms. The van der Waals surface area contributed by atoms with E-state index in [1.807, 2.05) is 37.3 Å². The van der Waals surface area contributed by atoms with Crippen LogP contribution in [0.25, 0.3) is 11.3 Å². The van der Waals surface area contributed by atoms with E-state index in [1.165, 1.54) is 0 Å². The van der Waals surface area contributed by atoms with Crippen molar-refractivity contribution in [2.45, 2.75) is 26.0 Å². The lowest BCUT2D eigenvalue weighted by atomic mass is 10.2. The molecule has 0 aliphatic rings. The maximum atomic E-state index is 9.71. The molecule has 0 fully saturated rings. The molecule has 0 aliphatic carbocycles. The van der Waals surface area contributed by atoms with E-state index in [4.69, 9.17) is 4.42 Å². The van der Waals surface area contributed by atoms with E-state index < -0.39 is 6.10 Å². The van der Waals surface area contributed by atoms with Gasteiger partial charge in [0.05, 0.1) is 18.5 Å². The van der Waals surface area contributed by atoms with Crippen molar-refractivity contribution in [2.75, 3.05) is 0 Å². The SMILES string of the molecule is CCC(O)c1cn(Cc2ncc(-c3ccccc3)o2)nn1. The van der Waals surface area contributed by atoms with Crippen LogP contribution in [0.1, 0.15) is 31.0 Å². The third kappa shape index (κ3) is 3.00. The highest BCUT2D eigenvalue weighted by Crippen LogP contribution is 2.20. The summed E-state index contributed by atoms with van der Waals surface area (Å²) < 4.78 is 7.31. The minimum atomic E-state index is -0.580. The molecule has 1 aromatic carbocycles. The van der Waals surface area contributed by atoms with Gasteiger partial charge in [-0.15, -0.1) is 5.10 Å². The van der Waals surface area contributed by atoms with Crippen LogP contribution in [0.15, 0.2) is 47.1 Å². The minimum absolute atomic E-state index is 0.385. The zero-order chi connectivity index (χ0) is 14.7. The van der Waals surface area contributed by atoms with Crippen molar-refractivity contribution in [3.05, 3.63) is 54.3 Å². The average molecular weight is 284 g/mol. The van der Waals surface area contributed by atoms with E-state index >= 15 is 0 Å². The smallest absolute Gasteiger partial charge is 0.216 e. The standard InChI is InChI=1S/C15H16N4O2/c1-2-13(20)12-9-19(18-17-12)10-15-16-8-14(21-15)11-6-4-3-5-7-11/h3-9,13,20H,2,10H2,1H3. The number of benzene rings is 1. The van der Waals surface area contributed by atoms with Gasteiger partial charge in [0, 0.05) is 5.56 Å². The highest BCUT2D eigenvalue weighted by molar-refractivity contribution is 5.55. The number of nitrogens with zero attached hydrogens (tertiary/aromatic N) is 4. The topological polar surface area (TPSA) is 77.0 Å². The van der Waals surface area contributed by atoms with Gasteiger partial charge in [0.15, 0.2) is 5.76 Å². The van der Waals surface area contributed by atoms with E-state index in [0.29, 0.717) is 24.6 Å². The largest absolute Gasteiger partial charge is 0.439 e. The van der Waals surface area contributed by atoms with Crippen LogP contribution >= 0.6 is 0 Å². The molecule has 0 radical (unpaired) electrons. The molecule has 1 atom stereocenters. The first-order chi connectivity index (χ1) is 10.3. The molecule has 6 nitrogen and oxygen atoms in total. The Morgan fingerprint density at radius 2 is 2.10 bits per heavy atom. The van der Waals surface area contributed by atoms with E-state index in [-0.39, 0.29) is 0 Å². The lowest BCUT2D eigenvalue weighted by molar-refractivity contribution is 0.168. The molecule has 3 rings (SSSR count). The molecule has 0 saturated heterocycles. The Kier molecular flexibility index (Phi) is 3.79. The number of hydrogen-bond donors (Lipinski definition) is 1. The summed E-state index contributed by atoms with van der Waals surface area (Å²) in [5, 5.41) is 17.6. The first-order valence-corrected chi connectivity index (χ1v) is 6.84. The van der Waals surface area contributed by atoms with Gasteiger partial charge in [-0.05, 0) is 6.42 Å². The molecule has 1 N–H and O–H groups in total. The molecular weight excluding hydrogens is 268 g/mol. The predicted molar refractivity (Wildman–Crippen MR) is 76.3 cm³/mol. The molecule has 0 saturated carbocycles. The summed E-state index contributed by atoms with van der Waals surface area (Å²) in [5.41, 5.74) is 1.55. The highest BCUT2D eigenvalue weighted by Gasteiger charge is 2.12. The van der Waals surface area contributed by atoms with Crippen LogP contribution in [0.4, 0.5) is 0 Å². The summed E-state index contributed by atoms with van der Waals surface area (Å²) in [6.07, 6.45) is 3.43. The fourth-order valence-corrected chi connectivity index (χ4v) is 2.01. The number of aromatic nitrogens is 4. The van der Waals surface area contributed by atoms with Crippen LogP contribution in [0, 0.1) is 0 Å². The quantitative estimate of drug-likeness (QED) is 0.778. The Bertz CT molecular complexity index is 705. The van der Waals surface area contributed by atoms with Gasteiger partial charge in [0.1, 0.15) is 12.2 Å². The number of oxazole rings is 1. The second kappa shape index (κ2) is 5.88. The monoisotopic (exact) mass is 284 g/mol. The third-order valence-corrected chi connectivity index (χ3v) is 3.19. The number of hydrogen-bond acceptors (Lipinski definition) is 5. The Morgan fingerprint density at radius 3 is 2.86 bits per heavy atom. The van der Waals surface area contributed by atoms with Gasteiger partial charge in [-0.2, -0.15) is 0 Å². The van der Waals surface area contributed by atoms with Crippen molar-refractivity contribution in [2.24, 2.45) is 0 Å². The maximum absolute atomic E-state index is 9.71. The molecule has 108 valence electrons. The summed E-state index contributed by atoms with van der Waals surface area (Å²) in [4.78, 5) is 4.24. The van der Waals surface area contributed by atoms with Gasteiger partial charge in [0.2, 0.25) is 5.89 Å². The van der Waals surface area contributed by atoms with Crippen molar-refractivity contribution in [3.63, 3.8) is 0 Å².